The number of nitriles is 1. The minimum absolute atomic E-state index is 0.142. The maximum absolute atomic E-state index is 9.17. The Balaban J connectivity index is 1.80. The maximum atomic E-state index is 9.17. The van der Waals surface area contributed by atoms with E-state index >= 15 is 0 Å². The molecule has 0 radical (unpaired) electrons. The van der Waals surface area contributed by atoms with E-state index in [0.29, 0.717) is 29.9 Å². The summed E-state index contributed by atoms with van der Waals surface area (Å²) in [6.45, 7) is 1.54. The average Bonchev–Trinajstić information content (AvgIpc) is 3.05. The van der Waals surface area contributed by atoms with Crippen LogP contribution in [0.3, 0.4) is 0 Å². The van der Waals surface area contributed by atoms with Crippen LogP contribution in [0.1, 0.15) is 30.3 Å². The van der Waals surface area contributed by atoms with E-state index in [2.05, 4.69) is 31.1 Å². The van der Waals surface area contributed by atoms with Gasteiger partial charge in [-0.05, 0) is 18.0 Å². The van der Waals surface area contributed by atoms with E-state index in [-0.39, 0.29) is 5.92 Å². The molecule has 1 atom stereocenters. The summed E-state index contributed by atoms with van der Waals surface area (Å²) in [4.78, 5) is 16.7. The molecular weight excluding hydrogens is 282 g/mol. The van der Waals surface area contributed by atoms with Crippen LogP contribution >= 0.6 is 0 Å². The first-order valence-corrected chi connectivity index (χ1v) is 7.16. The Kier molecular flexibility index (Phi) is 3.87. The molecule has 2 aromatic heterocycles. The minimum atomic E-state index is 0.142. The molecule has 3 heterocycles. The molecule has 1 aliphatic rings. The Hall–Kier alpha value is -2.69. The standard InChI is InChI=1S/C14H17N7O/c1-20(2)14-18-13(22-19-14)10-4-3-7-21(9-10)12-11(8-15)16-5-6-17-12/h5-6,10H,3-4,7,9H2,1-2H3/t10-/m0/s1. The van der Waals surface area contributed by atoms with Gasteiger partial charge < -0.3 is 14.3 Å². The lowest BCUT2D eigenvalue weighted by atomic mass is 9.98. The molecule has 0 aliphatic carbocycles. The second kappa shape index (κ2) is 5.97. The SMILES string of the molecule is CN(C)c1noc([C@H]2CCCN(c3nccnc3C#N)C2)n1. The molecule has 0 bridgehead atoms. The lowest BCUT2D eigenvalue weighted by Crippen LogP contribution is -2.35. The Bertz CT molecular complexity index is 690. The molecule has 2 aromatic rings. The molecule has 0 amide bonds. The van der Waals surface area contributed by atoms with E-state index in [1.54, 1.807) is 6.20 Å². The molecule has 3 rings (SSSR count). The zero-order chi connectivity index (χ0) is 15.5. The highest BCUT2D eigenvalue weighted by atomic mass is 16.5. The van der Waals surface area contributed by atoms with Gasteiger partial charge in [0.2, 0.25) is 5.89 Å². The van der Waals surface area contributed by atoms with Crippen LogP contribution in [0.2, 0.25) is 0 Å². The number of nitrogens with zero attached hydrogens (tertiary/aromatic N) is 7. The quantitative estimate of drug-likeness (QED) is 0.833. The van der Waals surface area contributed by atoms with Crippen LogP contribution in [0.15, 0.2) is 16.9 Å². The summed E-state index contributed by atoms with van der Waals surface area (Å²) >= 11 is 0. The van der Waals surface area contributed by atoms with Crippen molar-refractivity contribution >= 4 is 11.8 Å². The first kappa shape index (κ1) is 14.3. The summed E-state index contributed by atoms with van der Waals surface area (Å²) in [5.74, 6) is 1.98. The van der Waals surface area contributed by atoms with Gasteiger partial charge in [0.25, 0.3) is 5.95 Å². The van der Waals surface area contributed by atoms with Crippen LogP contribution in [0, 0.1) is 11.3 Å². The number of aromatic nitrogens is 4. The third-order valence-electron chi connectivity index (χ3n) is 3.69. The Morgan fingerprint density at radius 1 is 1.36 bits per heavy atom. The van der Waals surface area contributed by atoms with E-state index < -0.39 is 0 Å². The van der Waals surface area contributed by atoms with Crippen molar-refractivity contribution in [3.63, 3.8) is 0 Å². The van der Waals surface area contributed by atoms with E-state index in [1.165, 1.54) is 6.20 Å². The molecule has 0 aromatic carbocycles. The summed E-state index contributed by atoms with van der Waals surface area (Å²) in [7, 11) is 3.75. The van der Waals surface area contributed by atoms with Crippen molar-refractivity contribution in [2.24, 2.45) is 0 Å². The minimum Gasteiger partial charge on any atom is -0.353 e. The molecule has 0 unspecified atom stereocenters. The number of anilines is 2. The molecule has 8 nitrogen and oxygen atoms in total. The zero-order valence-electron chi connectivity index (χ0n) is 12.6. The Labute approximate surface area is 128 Å². The number of piperidine rings is 1. The van der Waals surface area contributed by atoms with Crippen LogP contribution in [0.5, 0.6) is 0 Å². The Morgan fingerprint density at radius 3 is 2.91 bits per heavy atom. The highest BCUT2D eigenvalue weighted by Crippen LogP contribution is 2.29. The number of hydrogen-bond donors (Lipinski definition) is 0. The van der Waals surface area contributed by atoms with Crippen molar-refractivity contribution < 1.29 is 4.52 Å². The average molecular weight is 299 g/mol. The van der Waals surface area contributed by atoms with Gasteiger partial charge in [-0.2, -0.15) is 10.2 Å². The van der Waals surface area contributed by atoms with E-state index in [4.69, 9.17) is 4.52 Å². The second-order valence-electron chi connectivity index (χ2n) is 5.45. The largest absolute Gasteiger partial charge is 0.353 e. The third-order valence-corrected chi connectivity index (χ3v) is 3.69. The second-order valence-corrected chi connectivity index (χ2v) is 5.45. The highest BCUT2D eigenvalue weighted by Gasteiger charge is 2.28. The summed E-state index contributed by atoms with van der Waals surface area (Å²) in [6.07, 6.45) is 5.10. The highest BCUT2D eigenvalue weighted by molar-refractivity contribution is 5.50. The first-order chi connectivity index (χ1) is 10.7. The first-order valence-electron chi connectivity index (χ1n) is 7.16. The van der Waals surface area contributed by atoms with Gasteiger partial charge in [-0.15, -0.1) is 0 Å². The summed E-state index contributed by atoms with van der Waals surface area (Å²) < 4.78 is 5.38. The monoisotopic (exact) mass is 299 g/mol. The zero-order valence-corrected chi connectivity index (χ0v) is 12.6. The number of rotatable bonds is 3. The van der Waals surface area contributed by atoms with Gasteiger partial charge in [-0.1, -0.05) is 0 Å². The third kappa shape index (κ3) is 2.70. The van der Waals surface area contributed by atoms with Crippen LogP contribution in [0.4, 0.5) is 11.8 Å². The molecule has 22 heavy (non-hydrogen) atoms. The lowest BCUT2D eigenvalue weighted by molar-refractivity contribution is 0.332. The van der Waals surface area contributed by atoms with Crippen LogP contribution in [-0.2, 0) is 0 Å². The maximum Gasteiger partial charge on any atom is 0.265 e. The van der Waals surface area contributed by atoms with Crippen molar-refractivity contribution in [3.8, 4) is 6.07 Å². The van der Waals surface area contributed by atoms with Crippen molar-refractivity contribution in [1.82, 2.24) is 20.1 Å². The van der Waals surface area contributed by atoms with Gasteiger partial charge in [0.1, 0.15) is 6.07 Å². The smallest absolute Gasteiger partial charge is 0.265 e. The van der Waals surface area contributed by atoms with Crippen LogP contribution in [-0.4, -0.2) is 47.3 Å². The van der Waals surface area contributed by atoms with Crippen LogP contribution in [0.25, 0.3) is 0 Å². The van der Waals surface area contributed by atoms with Gasteiger partial charge >= 0.3 is 0 Å². The molecule has 1 saturated heterocycles. The summed E-state index contributed by atoms with van der Waals surface area (Å²) in [5, 5.41) is 13.1. The van der Waals surface area contributed by atoms with Crippen molar-refractivity contribution in [1.29, 1.82) is 5.26 Å². The van der Waals surface area contributed by atoms with Gasteiger partial charge in [0.05, 0.1) is 5.92 Å². The Morgan fingerprint density at radius 2 is 2.18 bits per heavy atom. The lowest BCUT2D eigenvalue weighted by Gasteiger charge is -2.31. The van der Waals surface area contributed by atoms with Gasteiger partial charge in [-0.3, -0.25) is 0 Å². The predicted molar refractivity (Wildman–Crippen MR) is 79.6 cm³/mol. The molecule has 1 fully saturated rings. The van der Waals surface area contributed by atoms with Crippen molar-refractivity contribution in [2.45, 2.75) is 18.8 Å². The van der Waals surface area contributed by atoms with Gasteiger partial charge in [0, 0.05) is 39.6 Å². The topological polar surface area (TPSA) is 95.0 Å². The van der Waals surface area contributed by atoms with E-state index in [0.717, 1.165) is 19.4 Å². The molecule has 0 saturated carbocycles. The number of hydrogen-bond acceptors (Lipinski definition) is 8. The summed E-state index contributed by atoms with van der Waals surface area (Å²) in [5.41, 5.74) is 0.350. The van der Waals surface area contributed by atoms with Gasteiger partial charge in [-0.25, -0.2) is 9.97 Å². The molecule has 0 spiro atoms. The van der Waals surface area contributed by atoms with Crippen LogP contribution < -0.4 is 9.80 Å². The molecule has 114 valence electrons. The van der Waals surface area contributed by atoms with Gasteiger partial charge in [0.15, 0.2) is 11.5 Å². The summed E-state index contributed by atoms with van der Waals surface area (Å²) in [6, 6.07) is 2.09. The van der Waals surface area contributed by atoms with E-state index in [1.807, 2.05) is 19.0 Å². The van der Waals surface area contributed by atoms with E-state index in [9.17, 15) is 5.26 Å². The van der Waals surface area contributed by atoms with Crippen molar-refractivity contribution in [2.75, 3.05) is 37.0 Å². The fourth-order valence-corrected chi connectivity index (χ4v) is 2.59. The molecule has 0 N–H and O–H groups in total. The van der Waals surface area contributed by atoms with Crippen molar-refractivity contribution in [3.05, 3.63) is 24.0 Å². The fraction of sp³-hybridized carbons (Fsp3) is 0.500. The fourth-order valence-electron chi connectivity index (χ4n) is 2.59. The molecule has 8 heteroatoms. The predicted octanol–water partition coefficient (Wildman–Crippen LogP) is 1.18. The molecule has 1 aliphatic heterocycles. The molecular formula is C14H17N7O. The normalized spacial score (nSPS) is 18.0.